The van der Waals surface area contributed by atoms with Gasteiger partial charge in [0.1, 0.15) is 0 Å². The Morgan fingerprint density at radius 2 is 1.58 bits per heavy atom. The van der Waals surface area contributed by atoms with Crippen LogP contribution >= 0.6 is 11.6 Å². The van der Waals surface area contributed by atoms with Crippen molar-refractivity contribution in [1.29, 1.82) is 0 Å². The number of benzene rings is 3. The molecular formula is C27H24ClN5O3. The van der Waals surface area contributed by atoms with Gasteiger partial charge in [0.05, 0.1) is 11.4 Å². The third-order valence-electron chi connectivity index (χ3n) is 5.52. The molecule has 4 aromatic rings. The number of aromatic nitrogens is 2. The fraction of sp³-hybridized carbons (Fsp3) is 0.111. The van der Waals surface area contributed by atoms with Crippen molar-refractivity contribution in [2.24, 2.45) is 5.73 Å². The van der Waals surface area contributed by atoms with Crippen LogP contribution in [-0.2, 0) is 4.79 Å². The summed E-state index contributed by atoms with van der Waals surface area (Å²) in [5.41, 5.74) is 9.47. The van der Waals surface area contributed by atoms with Gasteiger partial charge in [0.2, 0.25) is 5.91 Å². The number of rotatable bonds is 8. The van der Waals surface area contributed by atoms with Crippen LogP contribution in [0.15, 0.2) is 78.9 Å². The zero-order valence-electron chi connectivity index (χ0n) is 19.5. The molecule has 3 aromatic carbocycles. The molecule has 0 saturated carbocycles. The summed E-state index contributed by atoms with van der Waals surface area (Å²) in [6.07, 6.45) is 0.0624. The van der Waals surface area contributed by atoms with Crippen LogP contribution in [0.4, 0.5) is 5.69 Å². The number of carbonyl (C=O) groups excluding carboxylic acids is 3. The molecule has 4 N–H and O–H groups in total. The van der Waals surface area contributed by atoms with Gasteiger partial charge in [0, 0.05) is 40.4 Å². The van der Waals surface area contributed by atoms with Crippen LogP contribution in [0.2, 0.25) is 5.02 Å². The van der Waals surface area contributed by atoms with Gasteiger partial charge in [0.15, 0.2) is 5.69 Å². The Hall–Kier alpha value is -4.43. The zero-order valence-corrected chi connectivity index (χ0v) is 20.3. The predicted octanol–water partition coefficient (Wildman–Crippen LogP) is 4.36. The topological polar surface area (TPSA) is 119 Å². The van der Waals surface area contributed by atoms with Crippen molar-refractivity contribution in [3.05, 3.63) is 101 Å². The van der Waals surface area contributed by atoms with E-state index >= 15 is 0 Å². The summed E-state index contributed by atoms with van der Waals surface area (Å²) in [7, 11) is 0. The third-order valence-corrected chi connectivity index (χ3v) is 5.77. The monoisotopic (exact) mass is 501 g/mol. The SMILES string of the molecule is Cc1c(C(=O)Nc2ccc(C(=O)NCCC(N)=O)cc2)nn(-c2ccc(Cl)cc2)c1-c1ccccc1. The minimum atomic E-state index is -0.488. The van der Waals surface area contributed by atoms with Gasteiger partial charge in [-0.2, -0.15) is 5.10 Å². The summed E-state index contributed by atoms with van der Waals surface area (Å²) >= 11 is 6.06. The first kappa shape index (κ1) is 24.7. The number of anilines is 1. The number of nitrogens with zero attached hydrogens (tertiary/aromatic N) is 2. The maximum Gasteiger partial charge on any atom is 0.276 e. The number of halogens is 1. The van der Waals surface area contributed by atoms with E-state index in [9.17, 15) is 14.4 Å². The number of nitrogens with two attached hydrogens (primary N) is 1. The molecule has 0 fully saturated rings. The molecule has 0 aliphatic carbocycles. The minimum absolute atomic E-state index is 0.0624. The second kappa shape index (κ2) is 10.9. The van der Waals surface area contributed by atoms with E-state index < -0.39 is 5.91 Å². The number of hydrogen-bond acceptors (Lipinski definition) is 4. The molecule has 0 radical (unpaired) electrons. The summed E-state index contributed by atoms with van der Waals surface area (Å²) in [5, 5.41) is 10.7. The molecule has 8 nitrogen and oxygen atoms in total. The second-order valence-corrected chi connectivity index (χ2v) is 8.52. The summed E-state index contributed by atoms with van der Waals surface area (Å²) in [5.74, 6) is -1.20. The van der Waals surface area contributed by atoms with Crippen LogP contribution in [0.5, 0.6) is 0 Å². The van der Waals surface area contributed by atoms with Crippen molar-refractivity contribution in [2.75, 3.05) is 11.9 Å². The Balaban J connectivity index is 1.58. The average molecular weight is 502 g/mol. The fourth-order valence-corrected chi connectivity index (χ4v) is 3.84. The molecule has 0 atom stereocenters. The van der Waals surface area contributed by atoms with Crippen molar-refractivity contribution < 1.29 is 14.4 Å². The lowest BCUT2D eigenvalue weighted by molar-refractivity contribution is -0.117. The second-order valence-electron chi connectivity index (χ2n) is 8.08. The molecule has 1 aromatic heterocycles. The van der Waals surface area contributed by atoms with Gasteiger partial charge in [-0.15, -0.1) is 0 Å². The van der Waals surface area contributed by atoms with E-state index in [1.165, 1.54) is 0 Å². The molecule has 1 heterocycles. The van der Waals surface area contributed by atoms with Crippen LogP contribution in [0, 0.1) is 6.92 Å². The van der Waals surface area contributed by atoms with Crippen LogP contribution in [0.25, 0.3) is 16.9 Å². The van der Waals surface area contributed by atoms with Crippen molar-refractivity contribution >= 4 is 35.0 Å². The Bertz CT molecular complexity index is 1400. The summed E-state index contributed by atoms with van der Waals surface area (Å²) in [6, 6.07) is 23.4. The summed E-state index contributed by atoms with van der Waals surface area (Å²) in [6.45, 7) is 2.02. The highest BCUT2D eigenvalue weighted by atomic mass is 35.5. The number of primary amides is 1. The molecule has 9 heteroatoms. The third kappa shape index (κ3) is 5.61. The highest BCUT2D eigenvalue weighted by molar-refractivity contribution is 6.30. The van der Waals surface area contributed by atoms with E-state index in [1.54, 1.807) is 41.1 Å². The predicted molar refractivity (Wildman–Crippen MR) is 139 cm³/mol. The highest BCUT2D eigenvalue weighted by Crippen LogP contribution is 2.29. The molecule has 3 amide bonds. The van der Waals surface area contributed by atoms with Gasteiger partial charge in [-0.1, -0.05) is 41.9 Å². The van der Waals surface area contributed by atoms with Crippen LogP contribution in [0.3, 0.4) is 0 Å². The zero-order chi connectivity index (χ0) is 25.7. The number of nitrogens with one attached hydrogen (secondary N) is 2. The van der Waals surface area contributed by atoms with Crippen LogP contribution < -0.4 is 16.4 Å². The van der Waals surface area contributed by atoms with Gasteiger partial charge in [-0.05, 0) is 55.5 Å². The Kier molecular flexibility index (Phi) is 7.46. The van der Waals surface area contributed by atoms with E-state index in [1.807, 2.05) is 49.4 Å². The standard InChI is InChI=1S/C27H24ClN5O3/c1-17-24(27(36)31-21-11-7-19(8-12-21)26(35)30-16-15-23(29)34)32-33(22-13-9-20(28)10-14-22)25(17)18-5-3-2-4-6-18/h2-14H,15-16H2,1H3,(H2,29,34)(H,30,35)(H,31,36). The van der Waals surface area contributed by atoms with Gasteiger partial charge in [0.25, 0.3) is 11.8 Å². The average Bonchev–Trinajstić information content (AvgIpc) is 3.22. The minimum Gasteiger partial charge on any atom is -0.370 e. The van der Waals surface area contributed by atoms with Gasteiger partial charge >= 0.3 is 0 Å². The van der Waals surface area contributed by atoms with Crippen molar-refractivity contribution in [2.45, 2.75) is 13.3 Å². The molecule has 182 valence electrons. The van der Waals surface area contributed by atoms with Gasteiger partial charge in [-0.25, -0.2) is 4.68 Å². The summed E-state index contributed by atoms with van der Waals surface area (Å²) < 4.78 is 1.73. The fourth-order valence-electron chi connectivity index (χ4n) is 3.71. The molecule has 0 aliphatic heterocycles. The number of amides is 3. The van der Waals surface area contributed by atoms with E-state index in [4.69, 9.17) is 17.3 Å². The molecule has 0 unspecified atom stereocenters. The van der Waals surface area contributed by atoms with E-state index in [0.29, 0.717) is 16.3 Å². The van der Waals surface area contributed by atoms with Gasteiger partial charge in [-0.3, -0.25) is 14.4 Å². The first-order chi connectivity index (χ1) is 17.3. The van der Waals surface area contributed by atoms with E-state index in [-0.39, 0.29) is 30.5 Å². The van der Waals surface area contributed by atoms with E-state index in [0.717, 1.165) is 22.5 Å². The maximum atomic E-state index is 13.2. The lowest BCUT2D eigenvalue weighted by Gasteiger charge is -2.08. The molecule has 0 spiro atoms. The number of hydrogen-bond donors (Lipinski definition) is 3. The van der Waals surface area contributed by atoms with Crippen LogP contribution in [-0.4, -0.2) is 34.0 Å². The van der Waals surface area contributed by atoms with Gasteiger partial charge < -0.3 is 16.4 Å². The molecule has 0 saturated heterocycles. The molecule has 4 rings (SSSR count). The lowest BCUT2D eigenvalue weighted by Crippen LogP contribution is -2.27. The normalized spacial score (nSPS) is 10.6. The quantitative estimate of drug-likeness (QED) is 0.332. The molecule has 0 bridgehead atoms. The largest absolute Gasteiger partial charge is 0.370 e. The molecule has 36 heavy (non-hydrogen) atoms. The lowest BCUT2D eigenvalue weighted by atomic mass is 10.1. The highest BCUT2D eigenvalue weighted by Gasteiger charge is 2.22. The summed E-state index contributed by atoms with van der Waals surface area (Å²) in [4.78, 5) is 36.2. The van der Waals surface area contributed by atoms with Crippen molar-refractivity contribution in [3.8, 4) is 16.9 Å². The molecular weight excluding hydrogens is 478 g/mol. The Morgan fingerprint density at radius 1 is 0.917 bits per heavy atom. The first-order valence-electron chi connectivity index (χ1n) is 11.2. The Labute approximate surface area is 213 Å². The maximum absolute atomic E-state index is 13.2. The van der Waals surface area contributed by atoms with Crippen molar-refractivity contribution in [1.82, 2.24) is 15.1 Å². The van der Waals surface area contributed by atoms with Crippen molar-refractivity contribution in [3.63, 3.8) is 0 Å². The smallest absolute Gasteiger partial charge is 0.276 e. The first-order valence-corrected chi connectivity index (χ1v) is 11.6. The van der Waals surface area contributed by atoms with E-state index in [2.05, 4.69) is 15.7 Å². The van der Waals surface area contributed by atoms with Crippen LogP contribution in [0.1, 0.15) is 32.8 Å². The number of carbonyl (C=O) groups is 3. The molecule has 0 aliphatic rings. The Morgan fingerprint density at radius 3 is 2.22 bits per heavy atom.